The van der Waals surface area contributed by atoms with Crippen molar-refractivity contribution in [3.63, 3.8) is 0 Å². The Bertz CT molecular complexity index is 429. The predicted molar refractivity (Wildman–Crippen MR) is 83.0 cm³/mol. The van der Waals surface area contributed by atoms with Crippen molar-refractivity contribution in [1.82, 2.24) is 0 Å². The van der Waals surface area contributed by atoms with Crippen molar-refractivity contribution in [2.45, 2.75) is 66.2 Å². The topological polar surface area (TPSA) is 0 Å². The van der Waals surface area contributed by atoms with E-state index in [4.69, 9.17) is 0 Å². The van der Waals surface area contributed by atoms with Crippen molar-refractivity contribution in [1.29, 1.82) is 0 Å². The van der Waals surface area contributed by atoms with Crippen LogP contribution in [0.5, 0.6) is 0 Å². The molecule has 0 heteroatoms. The fourth-order valence-electron chi connectivity index (χ4n) is 6.08. The van der Waals surface area contributed by atoms with Gasteiger partial charge in [0.25, 0.3) is 0 Å². The van der Waals surface area contributed by atoms with Gasteiger partial charge in [-0.2, -0.15) is 0 Å². The van der Waals surface area contributed by atoms with Crippen molar-refractivity contribution in [2.75, 3.05) is 0 Å². The molecule has 19 heavy (non-hydrogen) atoms. The van der Waals surface area contributed by atoms with Gasteiger partial charge >= 0.3 is 0 Å². The fraction of sp³-hybridized carbons (Fsp3) is 0.789. The average Bonchev–Trinajstić information content (AvgIpc) is 3.25. The number of allylic oxidation sites excluding steroid dienone is 3. The Morgan fingerprint density at radius 3 is 2.58 bits per heavy atom. The zero-order valence-electron chi connectivity index (χ0n) is 13.3. The standard InChI is InChI=1S/C19H30/c1-6-8-9-10-13-18-16(12-11-14(3)4)19(18)15(5)17(18,19)7-2/h8-9,14,16H,5-7,10-13H2,1-4H3. The third-order valence-electron chi connectivity index (χ3n) is 6.71. The van der Waals surface area contributed by atoms with Crippen LogP contribution >= 0.6 is 0 Å². The molecule has 3 aliphatic rings. The lowest BCUT2D eigenvalue weighted by Gasteiger charge is -2.22. The summed E-state index contributed by atoms with van der Waals surface area (Å²) in [5.74, 6) is 1.86. The number of hydrogen-bond donors (Lipinski definition) is 0. The first-order chi connectivity index (χ1) is 9.07. The van der Waals surface area contributed by atoms with Crippen LogP contribution in [0.1, 0.15) is 66.2 Å². The zero-order valence-corrected chi connectivity index (χ0v) is 13.3. The highest BCUT2D eigenvalue weighted by molar-refractivity contribution is 5.78. The third-order valence-corrected chi connectivity index (χ3v) is 6.71. The highest BCUT2D eigenvalue weighted by Gasteiger charge is 3.16. The largest absolute Gasteiger partial charge is 0.0986 e. The summed E-state index contributed by atoms with van der Waals surface area (Å²) in [6.07, 6.45) is 12.9. The third kappa shape index (κ3) is 1.18. The molecular weight excluding hydrogens is 228 g/mol. The van der Waals surface area contributed by atoms with Crippen LogP contribution in [0.4, 0.5) is 0 Å². The van der Waals surface area contributed by atoms with E-state index in [0.29, 0.717) is 10.8 Å². The molecule has 3 rings (SSSR count). The van der Waals surface area contributed by atoms with Crippen molar-refractivity contribution in [2.24, 2.45) is 28.1 Å². The van der Waals surface area contributed by atoms with Gasteiger partial charge in [-0.25, -0.2) is 0 Å². The van der Waals surface area contributed by atoms with Gasteiger partial charge in [-0.1, -0.05) is 58.4 Å². The Morgan fingerprint density at radius 1 is 1.26 bits per heavy atom. The van der Waals surface area contributed by atoms with Crippen LogP contribution in [0.2, 0.25) is 0 Å². The van der Waals surface area contributed by atoms with Crippen molar-refractivity contribution >= 4 is 0 Å². The van der Waals surface area contributed by atoms with Crippen LogP contribution in [0.15, 0.2) is 24.3 Å². The summed E-state index contributed by atoms with van der Waals surface area (Å²) in [4.78, 5) is 0. The molecule has 0 aromatic rings. The van der Waals surface area contributed by atoms with E-state index in [1.807, 2.05) is 0 Å². The Balaban J connectivity index is 1.63. The van der Waals surface area contributed by atoms with Crippen LogP contribution in [0.25, 0.3) is 0 Å². The average molecular weight is 258 g/mol. The van der Waals surface area contributed by atoms with Crippen LogP contribution in [-0.4, -0.2) is 0 Å². The molecular formula is C19H30. The predicted octanol–water partition coefficient (Wildman–Crippen LogP) is 5.75. The molecule has 1 spiro atoms. The van der Waals surface area contributed by atoms with Gasteiger partial charge in [0.15, 0.2) is 0 Å². The normalized spacial score (nSPS) is 45.5. The second kappa shape index (κ2) is 3.99. The number of hydrogen-bond acceptors (Lipinski definition) is 0. The molecule has 3 saturated carbocycles. The summed E-state index contributed by atoms with van der Waals surface area (Å²) in [5, 5.41) is 0. The van der Waals surface area contributed by atoms with Gasteiger partial charge in [0.2, 0.25) is 0 Å². The first kappa shape index (κ1) is 13.5. The molecule has 0 aromatic carbocycles. The fourth-order valence-corrected chi connectivity index (χ4v) is 6.08. The van der Waals surface area contributed by atoms with Crippen LogP contribution in [0.3, 0.4) is 0 Å². The van der Waals surface area contributed by atoms with Gasteiger partial charge in [0, 0.05) is 10.8 Å². The lowest BCUT2D eigenvalue weighted by atomic mass is 9.82. The molecule has 3 fully saturated rings. The van der Waals surface area contributed by atoms with Gasteiger partial charge in [0.05, 0.1) is 0 Å². The van der Waals surface area contributed by atoms with Gasteiger partial charge in [-0.05, 0) is 49.4 Å². The Morgan fingerprint density at radius 2 is 2.00 bits per heavy atom. The van der Waals surface area contributed by atoms with Crippen LogP contribution < -0.4 is 0 Å². The van der Waals surface area contributed by atoms with E-state index in [2.05, 4.69) is 46.4 Å². The van der Waals surface area contributed by atoms with Gasteiger partial charge < -0.3 is 0 Å². The summed E-state index contributed by atoms with van der Waals surface area (Å²) in [7, 11) is 0. The molecule has 0 N–H and O–H groups in total. The Hall–Kier alpha value is -0.520. The van der Waals surface area contributed by atoms with Crippen molar-refractivity contribution in [3.05, 3.63) is 24.3 Å². The maximum absolute atomic E-state index is 4.40. The molecule has 4 unspecified atom stereocenters. The minimum atomic E-state index is 0.627. The molecule has 0 saturated heterocycles. The van der Waals surface area contributed by atoms with Crippen molar-refractivity contribution in [3.8, 4) is 0 Å². The second-order valence-electron chi connectivity index (χ2n) is 7.46. The van der Waals surface area contributed by atoms with E-state index >= 15 is 0 Å². The van der Waals surface area contributed by atoms with Crippen LogP contribution in [-0.2, 0) is 0 Å². The summed E-state index contributed by atoms with van der Waals surface area (Å²) in [6.45, 7) is 13.7. The van der Waals surface area contributed by atoms with E-state index in [-0.39, 0.29) is 0 Å². The highest BCUT2D eigenvalue weighted by Crippen LogP contribution is 3.20. The van der Waals surface area contributed by atoms with E-state index in [9.17, 15) is 0 Å². The molecule has 0 bridgehead atoms. The monoisotopic (exact) mass is 258 g/mol. The van der Waals surface area contributed by atoms with Gasteiger partial charge in [-0.3, -0.25) is 0 Å². The van der Waals surface area contributed by atoms with Gasteiger partial charge in [0.1, 0.15) is 0 Å². The maximum Gasteiger partial charge on any atom is 0.0117 e. The molecule has 0 aliphatic heterocycles. The highest BCUT2D eigenvalue weighted by atomic mass is 15.2. The lowest BCUT2D eigenvalue weighted by molar-refractivity contribution is 0.294. The molecule has 0 radical (unpaired) electrons. The van der Waals surface area contributed by atoms with E-state index in [1.54, 1.807) is 5.57 Å². The zero-order chi connectivity index (χ0) is 13.9. The second-order valence-corrected chi connectivity index (χ2v) is 7.46. The first-order valence-corrected chi connectivity index (χ1v) is 8.42. The van der Waals surface area contributed by atoms with Crippen LogP contribution in [0, 0.1) is 28.1 Å². The summed E-state index contributed by atoms with van der Waals surface area (Å²) < 4.78 is 0. The van der Waals surface area contributed by atoms with E-state index < -0.39 is 0 Å². The van der Waals surface area contributed by atoms with Gasteiger partial charge in [-0.15, -0.1) is 0 Å². The number of fused-ring (bicyclic) bond motifs is 1. The summed E-state index contributed by atoms with van der Waals surface area (Å²) in [5.41, 5.74) is 3.64. The molecule has 0 heterocycles. The Labute approximate surface area is 119 Å². The molecule has 0 nitrogen and oxygen atoms in total. The minimum Gasteiger partial charge on any atom is -0.0986 e. The molecule has 4 atom stereocenters. The SMILES string of the molecule is C=C1C2(CC)C3(CCC=CCC)C(CCC(C)C)C123. The molecule has 0 aromatic heterocycles. The lowest BCUT2D eigenvalue weighted by Crippen LogP contribution is -2.14. The van der Waals surface area contributed by atoms with E-state index in [0.717, 1.165) is 17.3 Å². The van der Waals surface area contributed by atoms with E-state index in [1.165, 1.54) is 38.5 Å². The summed E-state index contributed by atoms with van der Waals surface area (Å²) >= 11 is 0. The maximum atomic E-state index is 4.40. The Kier molecular flexibility index (Phi) is 2.83. The quantitative estimate of drug-likeness (QED) is 0.486. The molecule has 3 aliphatic carbocycles. The molecule has 0 amide bonds. The summed E-state index contributed by atoms with van der Waals surface area (Å²) in [6, 6.07) is 0. The minimum absolute atomic E-state index is 0.627. The number of rotatable bonds is 8. The smallest absolute Gasteiger partial charge is 0.0117 e. The first-order valence-electron chi connectivity index (χ1n) is 8.42. The molecule has 106 valence electrons. The van der Waals surface area contributed by atoms with Crippen molar-refractivity contribution < 1.29 is 0 Å².